The number of ether oxygens (including phenoxy) is 1. The maximum atomic E-state index is 12.5. The SMILES string of the molecule is CCCNC(CN(CC)CC1CC1)(C(=O)OC)C1CC1. The van der Waals surface area contributed by atoms with Crippen LogP contribution in [0.25, 0.3) is 0 Å². The molecule has 0 spiro atoms. The topological polar surface area (TPSA) is 41.6 Å². The van der Waals surface area contributed by atoms with Crippen molar-refractivity contribution in [3.8, 4) is 0 Å². The summed E-state index contributed by atoms with van der Waals surface area (Å²) in [6, 6.07) is 0. The highest BCUT2D eigenvalue weighted by Gasteiger charge is 2.52. The highest BCUT2D eigenvalue weighted by molar-refractivity contribution is 5.82. The fraction of sp³-hybridized carbons (Fsp3) is 0.938. The summed E-state index contributed by atoms with van der Waals surface area (Å²) in [4.78, 5) is 14.9. The molecule has 0 aliphatic heterocycles. The molecule has 2 rings (SSSR count). The van der Waals surface area contributed by atoms with Gasteiger partial charge in [-0.15, -0.1) is 0 Å². The van der Waals surface area contributed by atoms with E-state index in [-0.39, 0.29) is 5.97 Å². The van der Waals surface area contributed by atoms with Gasteiger partial charge in [0.2, 0.25) is 0 Å². The minimum Gasteiger partial charge on any atom is -0.468 e. The summed E-state index contributed by atoms with van der Waals surface area (Å²) in [5.41, 5.74) is -0.477. The van der Waals surface area contributed by atoms with Gasteiger partial charge < -0.3 is 15.0 Å². The van der Waals surface area contributed by atoms with Gasteiger partial charge in [-0.3, -0.25) is 0 Å². The molecule has 0 amide bonds. The van der Waals surface area contributed by atoms with E-state index in [4.69, 9.17) is 4.74 Å². The van der Waals surface area contributed by atoms with Crippen LogP contribution in [-0.2, 0) is 9.53 Å². The Kier molecular flexibility index (Phi) is 5.44. The molecule has 0 aromatic carbocycles. The molecule has 1 unspecified atom stereocenters. The molecule has 0 saturated heterocycles. The molecule has 1 N–H and O–H groups in total. The molecule has 0 bridgehead atoms. The van der Waals surface area contributed by atoms with Gasteiger partial charge in [-0.05, 0) is 57.0 Å². The number of rotatable bonds is 10. The molecule has 4 heteroatoms. The van der Waals surface area contributed by atoms with Gasteiger partial charge in [-0.25, -0.2) is 4.79 Å². The Hall–Kier alpha value is -0.610. The monoisotopic (exact) mass is 282 g/mol. The van der Waals surface area contributed by atoms with E-state index in [2.05, 4.69) is 24.1 Å². The van der Waals surface area contributed by atoms with Crippen molar-refractivity contribution in [1.29, 1.82) is 0 Å². The molecule has 0 aromatic rings. The summed E-state index contributed by atoms with van der Waals surface area (Å²) in [6.07, 6.45) is 6.04. The van der Waals surface area contributed by atoms with Crippen LogP contribution in [0.15, 0.2) is 0 Å². The molecule has 0 heterocycles. The first-order chi connectivity index (χ1) is 9.66. The van der Waals surface area contributed by atoms with Gasteiger partial charge in [0.05, 0.1) is 7.11 Å². The number of hydrogen-bond acceptors (Lipinski definition) is 4. The zero-order chi connectivity index (χ0) is 14.6. The third-order valence-corrected chi connectivity index (χ3v) is 4.65. The van der Waals surface area contributed by atoms with E-state index in [0.717, 1.165) is 51.4 Å². The largest absolute Gasteiger partial charge is 0.468 e. The van der Waals surface area contributed by atoms with Crippen LogP contribution in [0.3, 0.4) is 0 Å². The molecular formula is C16H30N2O2. The van der Waals surface area contributed by atoms with Crippen molar-refractivity contribution in [3.05, 3.63) is 0 Å². The van der Waals surface area contributed by atoms with Crippen molar-refractivity contribution in [3.63, 3.8) is 0 Å². The highest BCUT2D eigenvalue weighted by atomic mass is 16.5. The number of carbonyl (C=O) groups excluding carboxylic acids is 1. The van der Waals surface area contributed by atoms with Crippen LogP contribution in [0.5, 0.6) is 0 Å². The lowest BCUT2D eigenvalue weighted by Gasteiger charge is -2.37. The van der Waals surface area contributed by atoms with Gasteiger partial charge in [0.1, 0.15) is 5.54 Å². The average Bonchev–Trinajstić information content (AvgIpc) is 3.33. The van der Waals surface area contributed by atoms with Crippen molar-refractivity contribution >= 4 is 5.97 Å². The number of likely N-dealkylation sites (N-methyl/N-ethyl adjacent to an activating group) is 1. The molecule has 20 heavy (non-hydrogen) atoms. The summed E-state index contributed by atoms with van der Waals surface area (Å²) in [7, 11) is 1.52. The van der Waals surface area contributed by atoms with E-state index >= 15 is 0 Å². The minimum absolute atomic E-state index is 0.0669. The van der Waals surface area contributed by atoms with Crippen LogP contribution < -0.4 is 5.32 Å². The maximum Gasteiger partial charge on any atom is 0.327 e. The van der Waals surface area contributed by atoms with Crippen LogP contribution in [0, 0.1) is 11.8 Å². The van der Waals surface area contributed by atoms with Crippen molar-refractivity contribution in [2.45, 2.75) is 51.5 Å². The molecule has 2 aliphatic rings. The number of nitrogens with zero attached hydrogens (tertiary/aromatic N) is 1. The van der Waals surface area contributed by atoms with Crippen molar-refractivity contribution < 1.29 is 9.53 Å². The Morgan fingerprint density at radius 1 is 1.30 bits per heavy atom. The second-order valence-corrected chi connectivity index (χ2v) is 6.44. The normalized spacial score (nSPS) is 21.8. The molecule has 116 valence electrons. The zero-order valence-electron chi connectivity index (χ0n) is 13.3. The first-order valence-electron chi connectivity index (χ1n) is 8.22. The van der Waals surface area contributed by atoms with Crippen molar-refractivity contribution in [2.24, 2.45) is 11.8 Å². The van der Waals surface area contributed by atoms with E-state index in [1.807, 2.05) is 0 Å². The Morgan fingerprint density at radius 2 is 2.00 bits per heavy atom. The van der Waals surface area contributed by atoms with Gasteiger partial charge in [0.25, 0.3) is 0 Å². The van der Waals surface area contributed by atoms with Crippen LogP contribution in [-0.4, -0.2) is 49.7 Å². The van der Waals surface area contributed by atoms with Crippen molar-refractivity contribution in [1.82, 2.24) is 10.2 Å². The molecule has 0 aromatic heterocycles. The Morgan fingerprint density at radius 3 is 2.45 bits per heavy atom. The van der Waals surface area contributed by atoms with Crippen LogP contribution >= 0.6 is 0 Å². The summed E-state index contributed by atoms with van der Waals surface area (Å²) in [5, 5.41) is 3.54. The third kappa shape index (κ3) is 3.73. The quantitative estimate of drug-likeness (QED) is 0.623. The number of nitrogens with one attached hydrogen (secondary N) is 1. The molecular weight excluding hydrogens is 252 g/mol. The number of esters is 1. The molecule has 0 radical (unpaired) electrons. The Balaban J connectivity index is 2.07. The first-order valence-corrected chi connectivity index (χ1v) is 8.22. The number of hydrogen-bond donors (Lipinski definition) is 1. The fourth-order valence-electron chi connectivity index (χ4n) is 3.06. The zero-order valence-corrected chi connectivity index (χ0v) is 13.3. The number of methoxy groups -OCH3 is 1. The second kappa shape index (κ2) is 6.90. The predicted molar refractivity (Wildman–Crippen MR) is 80.6 cm³/mol. The van der Waals surface area contributed by atoms with Crippen LogP contribution in [0.4, 0.5) is 0 Å². The lowest BCUT2D eigenvalue weighted by Crippen LogP contribution is -2.61. The fourth-order valence-corrected chi connectivity index (χ4v) is 3.06. The van der Waals surface area contributed by atoms with Gasteiger partial charge in [0.15, 0.2) is 0 Å². The van der Waals surface area contributed by atoms with Gasteiger partial charge in [-0.1, -0.05) is 13.8 Å². The van der Waals surface area contributed by atoms with E-state index in [9.17, 15) is 4.79 Å². The van der Waals surface area contributed by atoms with Gasteiger partial charge in [-0.2, -0.15) is 0 Å². The summed E-state index contributed by atoms with van der Waals surface area (Å²) >= 11 is 0. The lowest BCUT2D eigenvalue weighted by molar-refractivity contribution is -0.150. The standard InChI is InChI=1S/C16H30N2O2/c1-4-10-17-16(14-8-9-14,15(19)20-3)12-18(5-2)11-13-6-7-13/h13-14,17H,4-12H2,1-3H3. The smallest absolute Gasteiger partial charge is 0.327 e. The molecule has 2 fully saturated rings. The van der Waals surface area contributed by atoms with Crippen LogP contribution in [0.1, 0.15) is 46.0 Å². The highest BCUT2D eigenvalue weighted by Crippen LogP contribution is 2.41. The number of carbonyl (C=O) groups is 1. The maximum absolute atomic E-state index is 12.5. The summed E-state index contributed by atoms with van der Waals surface area (Å²) in [5.74, 6) is 1.24. The van der Waals surface area contributed by atoms with E-state index < -0.39 is 5.54 Å². The first kappa shape index (κ1) is 15.8. The predicted octanol–water partition coefficient (Wildman–Crippen LogP) is 2.04. The lowest BCUT2D eigenvalue weighted by atomic mass is 9.91. The van der Waals surface area contributed by atoms with E-state index in [1.54, 1.807) is 0 Å². The van der Waals surface area contributed by atoms with Crippen molar-refractivity contribution in [2.75, 3.05) is 33.3 Å². The van der Waals surface area contributed by atoms with Crippen LogP contribution in [0.2, 0.25) is 0 Å². The summed E-state index contributed by atoms with van der Waals surface area (Å²) < 4.78 is 5.15. The van der Waals surface area contributed by atoms with E-state index in [0.29, 0.717) is 5.92 Å². The Bertz CT molecular complexity index is 326. The van der Waals surface area contributed by atoms with E-state index in [1.165, 1.54) is 20.0 Å². The minimum atomic E-state index is -0.477. The average molecular weight is 282 g/mol. The molecule has 1 atom stereocenters. The van der Waals surface area contributed by atoms with Gasteiger partial charge in [0, 0.05) is 13.1 Å². The third-order valence-electron chi connectivity index (χ3n) is 4.65. The molecule has 4 nitrogen and oxygen atoms in total. The second-order valence-electron chi connectivity index (χ2n) is 6.44. The Labute approximate surface area is 123 Å². The molecule has 2 saturated carbocycles. The summed E-state index contributed by atoms with van der Waals surface area (Å²) in [6.45, 7) is 8.16. The molecule has 2 aliphatic carbocycles. The van der Waals surface area contributed by atoms with Gasteiger partial charge >= 0.3 is 5.97 Å².